The van der Waals surface area contributed by atoms with Crippen LogP contribution in [0.5, 0.6) is 0 Å². The standard InChI is InChI=1S/C17H19N3O/c1-4-12(3)20-16(13-8-6-5-7-9-13)19-15-14(17(20)21)10-11(2)18-15/h5-10,12,18H,4H2,1-3H3. The average Bonchev–Trinajstić information content (AvgIpc) is 2.88. The zero-order valence-corrected chi connectivity index (χ0v) is 12.6. The van der Waals surface area contributed by atoms with Gasteiger partial charge in [-0.3, -0.25) is 9.36 Å². The van der Waals surface area contributed by atoms with Crippen molar-refractivity contribution in [3.05, 3.63) is 52.4 Å². The summed E-state index contributed by atoms with van der Waals surface area (Å²) in [6.07, 6.45) is 0.885. The summed E-state index contributed by atoms with van der Waals surface area (Å²) >= 11 is 0. The van der Waals surface area contributed by atoms with Crippen molar-refractivity contribution in [3.63, 3.8) is 0 Å². The Morgan fingerprint density at radius 3 is 2.67 bits per heavy atom. The first-order valence-electron chi connectivity index (χ1n) is 7.29. The maximum atomic E-state index is 12.8. The van der Waals surface area contributed by atoms with Crippen LogP contribution in [0.25, 0.3) is 22.4 Å². The number of fused-ring (bicyclic) bond motifs is 1. The van der Waals surface area contributed by atoms with E-state index in [1.54, 1.807) is 0 Å². The smallest absolute Gasteiger partial charge is 0.263 e. The number of aryl methyl sites for hydroxylation is 1. The van der Waals surface area contributed by atoms with Crippen LogP contribution in [0.1, 0.15) is 32.0 Å². The molecule has 1 N–H and O–H groups in total. The molecule has 0 fully saturated rings. The van der Waals surface area contributed by atoms with Crippen LogP contribution in [0.2, 0.25) is 0 Å². The summed E-state index contributed by atoms with van der Waals surface area (Å²) in [4.78, 5) is 20.7. The zero-order chi connectivity index (χ0) is 15.0. The lowest BCUT2D eigenvalue weighted by atomic mass is 10.1. The molecule has 4 nitrogen and oxygen atoms in total. The van der Waals surface area contributed by atoms with Gasteiger partial charge in [-0.05, 0) is 26.3 Å². The first kappa shape index (κ1) is 13.6. The normalized spacial score (nSPS) is 12.7. The summed E-state index contributed by atoms with van der Waals surface area (Å²) in [6.45, 7) is 6.08. The Labute approximate surface area is 123 Å². The maximum Gasteiger partial charge on any atom is 0.263 e. The Morgan fingerprint density at radius 2 is 2.00 bits per heavy atom. The highest BCUT2D eigenvalue weighted by atomic mass is 16.1. The number of rotatable bonds is 3. The van der Waals surface area contributed by atoms with Crippen LogP contribution in [0.3, 0.4) is 0 Å². The molecule has 2 heterocycles. The Bertz CT molecular complexity index is 830. The van der Waals surface area contributed by atoms with Gasteiger partial charge in [-0.25, -0.2) is 4.98 Å². The lowest BCUT2D eigenvalue weighted by molar-refractivity contribution is 0.517. The maximum absolute atomic E-state index is 12.8. The predicted octanol–water partition coefficient (Wildman–Crippen LogP) is 3.67. The SMILES string of the molecule is CCC(C)n1c(-c2ccccc2)nc2[nH]c(C)cc2c1=O. The fourth-order valence-corrected chi connectivity index (χ4v) is 2.59. The van der Waals surface area contributed by atoms with Crippen molar-refractivity contribution in [3.8, 4) is 11.4 Å². The van der Waals surface area contributed by atoms with Crippen molar-refractivity contribution in [2.45, 2.75) is 33.2 Å². The molecule has 1 unspecified atom stereocenters. The van der Waals surface area contributed by atoms with E-state index in [4.69, 9.17) is 4.98 Å². The number of benzene rings is 1. The fourth-order valence-electron chi connectivity index (χ4n) is 2.59. The van der Waals surface area contributed by atoms with Gasteiger partial charge in [0.2, 0.25) is 0 Å². The van der Waals surface area contributed by atoms with E-state index < -0.39 is 0 Å². The Kier molecular flexibility index (Phi) is 3.37. The summed E-state index contributed by atoms with van der Waals surface area (Å²) in [5.74, 6) is 0.726. The van der Waals surface area contributed by atoms with E-state index in [9.17, 15) is 4.79 Å². The van der Waals surface area contributed by atoms with Gasteiger partial charge >= 0.3 is 0 Å². The van der Waals surface area contributed by atoms with Crippen molar-refractivity contribution in [2.24, 2.45) is 0 Å². The van der Waals surface area contributed by atoms with E-state index in [1.165, 1.54) is 0 Å². The van der Waals surface area contributed by atoms with Crippen LogP contribution >= 0.6 is 0 Å². The number of hydrogen-bond donors (Lipinski definition) is 1. The van der Waals surface area contributed by atoms with Gasteiger partial charge in [-0.2, -0.15) is 0 Å². The molecule has 0 aliphatic heterocycles. The molecular weight excluding hydrogens is 262 g/mol. The van der Waals surface area contributed by atoms with Gasteiger partial charge in [0.1, 0.15) is 11.5 Å². The molecule has 0 saturated carbocycles. The molecule has 0 saturated heterocycles. The highest BCUT2D eigenvalue weighted by Crippen LogP contribution is 2.22. The second-order valence-corrected chi connectivity index (χ2v) is 5.45. The molecule has 1 aromatic carbocycles. The summed E-state index contributed by atoms with van der Waals surface area (Å²) in [5.41, 5.74) is 2.60. The molecule has 1 atom stereocenters. The number of nitrogens with one attached hydrogen (secondary N) is 1. The van der Waals surface area contributed by atoms with E-state index in [0.717, 1.165) is 23.5 Å². The topological polar surface area (TPSA) is 50.7 Å². The third-order valence-electron chi connectivity index (χ3n) is 3.89. The van der Waals surface area contributed by atoms with E-state index in [2.05, 4.69) is 18.8 Å². The van der Waals surface area contributed by atoms with Crippen molar-refractivity contribution in [1.29, 1.82) is 0 Å². The van der Waals surface area contributed by atoms with Crippen LogP contribution in [0.15, 0.2) is 41.2 Å². The minimum Gasteiger partial charge on any atom is -0.343 e. The van der Waals surface area contributed by atoms with Crippen LogP contribution in [-0.4, -0.2) is 14.5 Å². The minimum absolute atomic E-state index is 0.0255. The second-order valence-electron chi connectivity index (χ2n) is 5.45. The summed E-state index contributed by atoms with van der Waals surface area (Å²) in [5, 5.41) is 0.660. The van der Waals surface area contributed by atoms with Gasteiger partial charge in [0.25, 0.3) is 5.56 Å². The van der Waals surface area contributed by atoms with Gasteiger partial charge < -0.3 is 4.98 Å². The largest absolute Gasteiger partial charge is 0.343 e. The Morgan fingerprint density at radius 1 is 1.29 bits per heavy atom. The molecule has 0 aliphatic rings. The Balaban J connectivity index is 2.38. The molecule has 0 radical (unpaired) electrons. The van der Waals surface area contributed by atoms with Crippen molar-refractivity contribution < 1.29 is 0 Å². The lowest BCUT2D eigenvalue weighted by Gasteiger charge is -2.17. The fraction of sp³-hybridized carbons (Fsp3) is 0.294. The average molecular weight is 281 g/mol. The molecule has 3 rings (SSSR count). The monoisotopic (exact) mass is 281 g/mol. The van der Waals surface area contributed by atoms with Crippen LogP contribution < -0.4 is 5.56 Å². The highest BCUT2D eigenvalue weighted by molar-refractivity contribution is 5.78. The number of aromatic nitrogens is 3. The predicted molar refractivity (Wildman–Crippen MR) is 85.5 cm³/mol. The molecule has 3 aromatic rings. The molecule has 0 amide bonds. The van der Waals surface area contributed by atoms with Gasteiger partial charge in [0, 0.05) is 17.3 Å². The first-order chi connectivity index (χ1) is 10.1. The molecule has 21 heavy (non-hydrogen) atoms. The molecule has 0 bridgehead atoms. The quantitative estimate of drug-likeness (QED) is 0.796. The summed E-state index contributed by atoms with van der Waals surface area (Å²) < 4.78 is 1.81. The Hall–Kier alpha value is -2.36. The highest BCUT2D eigenvalue weighted by Gasteiger charge is 2.17. The minimum atomic E-state index is 0.0255. The second kappa shape index (κ2) is 5.20. The molecule has 108 valence electrons. The van der Waals surface area contributed by atoms with E-state index >= 15 is 0 Å². The number of H-pyrrole nitrogens is 1. The van der Waals surface area contributed by atoms with Crippen molar-refractivity contribution >= 4 is 11.0 Å². The summed E-state index contributed by atoms with van der Waals surface area (Å²) in [6, 6.07) is 11.9. The van der Waals surface area contributed by atoms with E-state index in [1.807, 2.05) is 47.9 Å². The number of hydrogen-bond acceptors (Lipinski definition) is 2. The third-order valence-corrected chi connectivity index (χ3v) is 3.89. The van der Waals surface area contributed by atoms with Crippen molar-refractivity contribution in [2.75, 3.05) is 0 Å². The summed E-state index contributed by atoms with van der Waals surface area (Å²) in [7, 11) is 0. The van der Waals surface area contributed by atoms with Crippen molar-refractivity contribution in [1.82, 2.24) is 14.5 Å². The van der Waals surface area contributed by atoms with Crippen LogP contribution in [-0.2, 0) is 0 Å². The third kappa shape index (κ3) is 2.27. The number of aromatic amines is 1. The number of nitrogens with zero attached hydrogens (tertiary/aromatic N) is 2. The zero-order valence-electron chi connectivity index (χ0n) is 12.6. The van der Waals surface area contributed by atoms with Gasteiger partial charge in [0.05, 0.1) is 5.39 Å². The van der Waals surface area contributed by atoms with Crippen LogP contribution in [0.4, 0.5) is 0 Å². The first-order valence-corrected chi connectivity index (χ1v) is 7.29. The van der Waals surface area contributed by atoms with Gasteiger partial charge in [-0.1, -0.05) is 37.3 Å². The van der Waals surface area contributed by atoms with Crippen LogP contribution in [0, 0.1) is 6.92 Å². The van der Waals surface area contributed by atoms with Gasteiger partial charge in [-0.15, -0.1) is 0 Å². The van der Waals surface area contributed by atoms with E-state index in [-0.39, 0.29) is 11.6 Å². The van der Waals surface area contributed by atoms with E-state index in [0.29, 0.717) is 11.0 Å². The molecule has 0 aliphatic carbocycles. The molecule has 2 aromatic heterocycles. The molecular formula is C17H19N3O. The lowest BCUT2D eigenvalue weighted by Crippen LogP contribution is -2.25. The van der Waals surface area contributed by atoms with Gasteiger partial charge in [0.15, 0.2) is 0 Å². The molecule has 4 heteroatoms. The molecule has 0 spiro atoms.